The number of carbonyl (C=O) groups is 1. The first-order valence-corrected chi connectivity index (χ1v) is 6.20. The van der Waals surface area contributed by atoms with Gasteiger partial charge in [-0.15, -0.1) is 0 Å². The van der Waals surface area contributed by atoms with Crippen LogP contribution in [0.3, 0.4) is 0 Å². The van der Waals surface area contributed by atoms with E-state index in [9.17, 15) is 4.79 Å². The number of pyridine rings is 1. The molecule has 0 radical (unpaired) electrons. The zero-order valence-electron chi connectivity index (χ0n) is 11.1. The Bertz CT molecular complexity index is 567. The van der Waals surface area contributed by atoms with E-state index in [1.807, 2.05) is 6.92 Å². The molecule has 6 heteroatoms. The molecule has 0 aliphatic carbocycles. The molecule has 0 spiro atoms. The van der Waals surface area contributed by atoms with E-state index >= 15 is 0 Å². The van der Waals surface area contributed by atoms with E-state index in [1.54, 1.807) is 36.4 Å². The third-order valence-electron chi connectivity index (χ3n) is 2.45. The first-order valence-electron chi connectivity index (χ1n) is 6.20. The summed E-state index contributed by atoms with van der Waals surface area (Å²) in [7, 11) is 0. The van der Waals surface area contributed by atoms with Crippen molar-refractivity contribution < 1.29 is 9.53 Å². The van der Waals surface area contributed by atoms with Gasteiger partial charge in [-0.2, -0.15) is 0 Å². The van der Waals surface area contributed by atoms with Crippen molar-refractivity contribution in [3.63, 3.8) is 0 Å². The number of amides is 2. The van der Waals surface area contributed by atoms with Crippen molar-refractivity contribution in [1.82, 2.24) is 4.98 Å². The number of nitrogen functional groups attached to an aromatic ring is 1. The molecule has 6 nitrogen and oxygen atoms in total. The fourth-order valence-electron chi connectivity index (χ4n) is 1.55. The third-order valence-corrected chi connectivity index (χ3v) is 2.45. The highest BCUT2D eigenvalue weighted by Gasteiger charge is 2.03. The van der Waals surface area contributed by atoms with E-state index in [1.165, 1.54) is 6.20 Å². The number of benzene rings is 1. The average Bonchev–Trinajstić information content (AvgIpc) is 2.44. The number of rotatable bonds is 4. The van der Waals surface area contributed by atoms with Crippen molar-refractivity contribution in [1.29, 1.82) is 0 Å². The highest BCUT2D eigenvalue weighted by Crippen LogP contribution is 2.13. The number of carbonyl (C=O) groups excluding carboxylic acids is 1. The second kappa shape index (κ2) is 6.42. The molecule has 0 aliphatic heterocycles. The number of nitrogens with one attached hydrogen (secondary N) is 2. The molecular weight excluding hydrogens is 256 g/mol. The van der Waals surface area contributed by atoms with Crippen molar-refractivity contribution in [2.24, 2.45) is 0 Å². The summed E-state index contributed by atoms with van der Waals surface area (Å²) in [5.74, 6) is 0.525. The number of urea groups is 1. The number of nitrogens with zero attached hydrogens (tertiary/aromatic N) is 1. The summed E-state index contributed by atoms with van der Waals surface area (Å²) in [4.78, 5) is 15.8. The predicted octanol–water partition coefficient (Wildman–Crippen LogP) is 2.71. The molecule has 1 aromatic heterocycles. The average molecular weight is 272 g/mol. The Morgan fingerprint density at radius 3 is 2.40 bits per heavy atom. The van der Waals surface area contributed by atoms with Gasteiger partial charge >= 0.3 is 6.03 Å². The van der Waals surface area contributed by atoms with Crippen LogP contribution in [0.4, 0.5) is 21.9 Å². The van der Waals surface area contributed by atoms with Gasteiger partial charge in [-0.3, -0.25) is 0 Å². The summed E-state index contributed by atoms with van der Waals surface area (Å²) in [6.45, 7) is 2.44. The van der Waals surface area contributed by atoms with E-state index in [2.05, 4.69) is 15.6 Å². The number of aromatic nitrogens is 1. The van der Waals surface area contributed by atoms with E-state index in [4.69, 9.17) is 10.5 Å². The van der Waals surface area contributed by atoms with E-state index in [0.29, 0.717) is 29.5 Å². The maximum atomic E-state index is 11.8. The van der Waals surface area contributed by atoms with Crippen LogP contribution in [0.25, 0.3) is 0 Å². The molecule has 0 atom stereocenters. The zero-order chi connectivity index (χ0) is 14.4. The zero-order valence-corrected chi connectivity index (χ0v) is 11.1. The lowest BCUT2D eigenvalue weighted by Crippen LogP contribution is -2.19. The van der Waals surface area contributed by atoms with Crippen LogP contribution in [-0.2, 0) is 0 Å². The Kier molecular flexibility index (Phi) is 4.39. The molecule has 0 aliphatic rings. The van der Waals surface area contributed by atoms with Gasteiger partial charge in [0.2, 0.25) is 5.88 Å². The maximum Gasteiger partial charge on any atom is 0.323 e. The van der Waals surface area contributed by atoms with E-state index in [0.717, 1.165) is 0 Å². The molecule has 1 heterocycles. The number of hydrogen-bond donors (Lipinski definition) is 3. The highest BCUT2D eigenvalue weighted by molar-refractivity contribution is 5.99. The summed E-state index contributed by atoms with van der Waals surface area (Å²) in [6.07, 6.45) is 1.54. The van der Waals surface area contributed by atoms with Gasteiger partial charge in [0.05, 0.1) is 18.5 Å². The minimum absolute atomic E-state index is 0.347. The number of ether oxygens (including phenoxy) is 1. The summed E-state index contributed by atoms with van der Waals surface area (Å²) in [5, 5.41) is 5.37. The summed E-state index contributed by atoms with van der Waals surface area (Å²) >= 11 is 0. The Balaban J connectivity index is 1.92. The Morgan fingerprint density at radius 1 is 1.15 bits per heavy atom. The SMILES string of the molecule is CCOc1ccc(NC(=O)Nc2ccc(N)cc2)cn1. The van der Waals surface area contributed by atoms with Crippen LogP contribution in [-0.4, -0.2) is 17.6 Å². The molecule has 4 N–H and O–H groups in total. The highest BCUT2D eigenvalue weighted by atomic mass is 16.5. The molecule has 2 amide bonds. The summed E-state index contributed by atoms with van der Waals surface area (Å²) in [5.41, 5.74) is 7.46. The molecule has 2 aromatic rings. The van der Waals surface area contributed by atoms with Crippen molar-refractivity contribution in [3.05, 3.63) is 42.6 Å². The summed E-state index contributed by atoms with van der Waals surface area (Å²) in [6, 6.07) is 9.96. The largest absolute Gasteiger partial charge is 0.478 e. The van der Waals surface area contributed by atoms with Gasteiger partial charge in [0.1, 0.15) is 0 Å². The van der Waals surface area contributed by atoms with Gasteiger partial charge < -0.3 is 21.1 Å². The summed E-state index contributed by atoms with van der Waals surface area (Å²) < 4.78 is 5.22. The Hall–Kier alpha value is -2.76. The second-order valence-electron chi connectivity index (χ2n) is 4.02. The van der Waals surface area contributed by atoms with Gasteiger partial charge in [-0.1, -0.05) is 0 Å². The lowest BCUT2D eigenvalue weighted by molar-refractivity contribution is 0.262. The smallest absolute Gasteiger partial charge is 0.323 e. The molecule has 1 aromatic carbocycles. The number of hydrogen-bond acceptors (Lipinski definition) is 4. The maximum absolute atomic E-state index is 11.8. The first-order chi connectivity index (χ1) is 9.67. The lowest BCUT2D eigenvalue weighted by Gasteiger charge is -2.08. The van der Waals surface area contributed by atoms with E-state index < -0.39 is 0 Å². The van der Waals surface area contributed by atoms with Gasteiger partial charge in [0, 0.05) is 17.4 Å². The normalized spacial score (nSPS) is 9.85. The second-order valence-corrected chi connectivity index (χ2v) is 4.02. The van der Waals surface area contributed by atoms with Crippen molar-refractivity contribution in [2.75, 3.05) is 23.0 Å². The van der Waals surface area contributed by atoms with Crippen LogP contribution >= 0.6 is 0 Å². The van der Waals surface area contributed by atoms with Gasteiger partial charge in [0.15, 0.2) is 0 Å². The number of anilines is 3. The van der Waals surface area contributed by atoms with Crippen molar-refractivity contribution in [3.8, 4) is 5.88 Å². The van der Waals surface area contributed by atoms with Crippen LogP contribution < -0.4 is 21.1 Å². The Morgan fingerprint density at radius 2 is 1.80 bits per heavy atom. The molecular formula is C14H16N4O2. The minimum atomic E-state index is -0.347. The van der Waals surface area contributed by atoms with Crippen LogP contribution in [0.2, 0.25) is 0 Å². The molecule has 0 saturated heterocycles. The van der Waals surface area contributed by atoms with Gasteiger partial charge in [-0.25, -0.2) is 9.78 Å². The molecule has 0 saturated carbocycles. The van der Waals surface area contributed by atoms with Gasteiger partial charge in [-0.05, 0) is 37.3 Å². The Labute approximate surface area is 117 Å². The quantitative estimate of drug-likeness (QED) is 0.746. The molecule has 0 fully saturated rings. The minimum Gasteiger partial charge on any atom is -0.478 e. The first kappa shape index (κ1) is 13.7. The van der Waals surface area contributed by atoms with E-state index in [-0.39, 0.29) is 6.03 Å². The van der Waals surface area contributed by atoms with Gasteiger partial charge in [0.25, 0.3) is 0 Å². The van der Waals surface area contributed by atoms with Crippen LogP contribution in [0.5, 0.6) is 5.88 Å². The van der Waals surface area contributed by atoms with Crippen molar-refractivity contribution >= 4 is 23.1 Å². The van der Waals surface area contributed by atoms with Crippen LogP contribution in [0, 0.1) is 0 Å². The molecule has 0 bridgehead atoms. The van der Waals surface area contributed by atoms with Crippen LogP contribution in [0.15, 0.2) is 42.6 Å². The fraction of sp³-hybridized carbons (Fsp3) is 0.143. The standard InChI is InChI=1S/C14H16N4O2/c1-2-20-13-8-7-12(9-16-13)18-14(19)17-11-5-3-10(15)4-6-11/h3-9H,2,15H2,1H3,(H2,17,18,19). The lowest BCUT2D eigenvalue weighted by atomic mass is 10.3. The van der Waals surface area contributed by atoms with Crippen LogP contribution in [0.1, 0.15) is 6.92 Å². The molecule has 104 valence electrons. The third kappa shape index (κ3) is 3.88. The topological polar surface area (TPSA) is 89.3 Å². The monoisotopic (exact) mass is 272 g/mol. The van der Waals surface area contributed by atoms with Crippen molar-refractivity contribution in [2.45, 2.75) is 6.92 Å². The molecule has 20 heavy (non-hydrogen) atoms. The number of nitrogens with two attached hydrogens (primary N) is 1. The molecule has 2 rings (SSSR count). The fourth-order valence-corrected chi connectivity index (χ4v) is 1.55. The predicted molar refractivity (Wildman–Crippen MR) is 78.9 cm³/mol. The molecule has 0 unspecified atom stereocenters.